The van der Waals surface area contributed by atoms with E-state index < -0.39 is 12.2 Å². The summed E-state index contributed by atoms with van der Waals surface area (Å²) in [6.45, 7) is 1.22. The van der Waals surface area contributed by atoms with E-state index in [1.807, 2.05) is 60.0 Å². The van der Waals surface area contributed by atoms with Crippen LogP contribution < -0.4 is 5.32 Å². The number of hydrogen-bond acceptors (Lipinski definition) is 5. The minimum absolute atomic E-state index is 0.170. The predicted molar refractivity (Wildman–Crippen MR) is 120 cm³/mol. The van der Waals surface area contributed by atoms with Gasteiger partial charge < -0.3 is 14.7 Å². The third kappa shape index (κ3) is 5.21. The zero-order chi connectivity index (χ0) is 21.6. The van der Waals surface area contributed by atoms with Gasteiger partial charge in [0, 0.05) is 29.6 Å². The van der Waals surface area contributed by atoms with E-state index in [1.165, 1.54) is 16.2 Å². The van der Waals surface area contributed by atoms with Crippen LogP contribution in [0.15, 0.2) is 60.0 Å². The van der Waals surface area contributed by atoms with E-state index >= 15 is 0 Å². The number of nitrogens with one attached hydrogen (secondary N) is 1. The molecular formula is C23H23N3O4S. The number of para-hydroxylation sites is 1. The first-order valence-corrected chi connectivity index (χ1v) is 11.0. The standard InChI is InChI=1S/C23H23N3O4S/c27-22(30-14-16-10-12-26(13-11-16)23(28)29)25-19-9-5-4-8-18(19)21-24-20(15-31-21)17-6-2-1-3-7-17/h1-9,15-16H,10-14H2,(H,25,27)(H,28,29). The molecule has 2 N–H and O–H groups in total. The second kappa shape index (κ2) is 9.61. The number of likely N-dealkylation sites (tertiary alicyclic amines) is 1. The number of piperidine rings is 1. The van der Waals surface area contributed by atoms with Gasteiger partial charge in [0.15, 0.2) is 0 Å². The Hall–Kier alpha value is -3.39. The quantitative estimate of drug-likeness (QED) is 0.556. The van der Waals surface area contributed by atoms with Gasteiger partial charge in [0.05, 0.1) is 18.0 Å². The van der Waals surface area contributed by atoms with Crippen LogP contribution in [-0.4, -0.2) is 46.9 Å². The van der Waals surface area contributed by atoms with Gasteiger partial charge in [-0.25, -0.2) is 14.6 Å². The number of hydrogen-bond donors (Lipinski definition) is 2. The van der Waals surface area contributed by atoms with Crippen molar-refractivity contribution in [1.82, 2.24) is 9.88 Å². The highest BCUT2D eigenvalue weighted by Crippen LogP contribution is 2.33. The van der Waals surface area contributed by atoms with Crippen LogP contribution >= 0.6 is 11.3 Å². The molecule has 0 atom stereocenters. The normalized spacial score (nSPS) is 14.3. The Morgan fingerprint density at radius 1 is 1.10 bits per heavy atom. The molecule has 2 heterocycles. The third-order valence-electron chi connectivity index (χ3n) is 5.30. The van der Waals surface area contributed by atoms with Gasteiger partial charge in [-0.1, -0.05) is 42.5 Å². The van der Waals surface area contributed by atoms with E-state index in [-0.39, 0.29) is 12.5 Å². The minimum Gasteiger partial charge on any atom is -0.465 e. The molecule has 2 amide bonds. The summed E-state index contributed by atoms with van der Waals surface area (Å²) in [6.07, 6.45) is -0.0333. The van der Waals surface area contributed by atoms with Gasteiger partial charge in [-0.05, 0) is 30.9 Å². The molecular weight excluding hydrogens is 414 g/mol. The summed E-state index contributed by atoms with van der Waals surface area (Å²) >= 11 is 1.52. The van der Waals surface area contributed by atoms with Gasteiger partial charge in [-0.2, -0.15) is 0 Å². The molecule has 8 heteroatoms. The molecule has 0 saturated carbocycles. The number of carboxylic acid groups (broad SMARTS) is 1. The van der Waals surface area contributed by atoms with Gasteiger partial charge in [0.1, 0.15) is 5.01 Å². The minimum atomic E-state index is -0.897. The maximum atomic E-state index is 12.4. The zero-order valence-electron chi connectivity index (χ0n) is 16.9. The number of carbonyl (C=O) groups is 2. The molecule has 1 aliphatic heterocycles. The SMILES string of the molecule is O=C(Nc1ccccc1-c1nc(-c2ccccc2)cs1)OCC1CCN(C(=O)O)CC1. The molecule has 3 aromatic rings. The molecule has 1 fully saturated rings. The first-order chi connectivity index (χ1) is 15.1. The molecule has 1 saturated heterocycles. The number of rotatable bonds is 5. The molecule has 2 aromatic carbocycles. The van der Waals surface area contributed by atoms with Gasteiger partial charge in [-0.3, -0.25) is 5.32 Å². The molecule has 0 radical (unpaired) electrons. The van der Waals surface area contributed by atoms with Crippen LogP contribution in [-0.2, 0) is 4.74 Å². The van der Waals surface area contributed by atoms with Gasteiger partial charge in [0.25, 0.3) is 0 Å². The van der Waals surface area contributed by atoms with Crippen molar-refractivity contribution in [1.29, 1.82) is 0 Å². The fourth-order valence-electron chi connectivity index (χ4n) is 3.55. The van der Waals surface area contributed by atoms with Crippen LogP contribution in [0.2, 0.25) is 0 Å². The van der Waals surface area contributed by atoms with E-state index in [2.05, 4.69) is 5.32 Å². The fraction of sp³-hybridized carbons (Fsp3) is 0.261. The van der Waals surface area contributed by atoms with Crippen LogP contribution in [0, 0.1) is 5.92 Å². The van der Waals surface area contributed by atoms with Crippen LogP contribution in [0.5, 0.6) is 0 Å². The molecule has 1 aromatic heterocycles. The number of thiazole rings is 1. The molecule has 7 nitrogen and oxygen atoms in total. The van der Waals surface area contributed by atoms with E-state index in [9.17, 15) is 9.59 Å². The Morgan fingerprint density at radius 3 is 2.55 bits per heavy atom. The highest BCUT2D eigenvalue weighted by Gasteiger charge is 2.23. The largest absolute Gasteiger partial charge is 0.465 e. The summed E-state index contributed by atoms with van der Waals surface area (Å²) in [5.74, 6) is 0.170. The fourth-order valence-corrected chi connectivity index (χ4v) is 4.42. The second-order valence-electron chi connectivity index (χ2n) is 7.39. The highest BCUT2D eigenvalue weighted by molar-refractivity contribution is 7.13. The van der Waals surface area contributed by atoms with Crippen LogP contribution in [0.25, 0.3) is 21.8 Å². The number of carbonyl (C=O) groups excluding carboxylic acids is 1. The van der Waals surface area contributed by atoms with Crippen molar-refractivity contribution in [2.24, 2.45) is 5.92 Å². The predicted octanol–water partition coefficient (Wildman–Crippen LogP) is 5.42. The summed E-state index contributed by atoms with van der Waals surface area (Å²) in [6, 6.07) is 17.5. The zero-order valence-corrected chi connectivity index (χ0v) is 17.7. The Morgan fingerprint density at radius 2 is 1.81 bits per heavy atom. The monoisotopic (exact) mass is 437 g/mol. The number of anilines is 1. The van der Waals surface area contributed by atoms with Crippen molar-refractivity contribution in [3.8, 4) is 21.8 Å². The van der Waals surface area contributed by atoms with Crippen LogP contribution in [0.1, 0.15) is 12.8 Å². The van der Waals surface area contributed by atoms with Gasteiger partial charge in [-0.15, -0.1) is 11.3 Å². The van der Waals surface area contributed by atoms with Crippen molar-refractivity contribution >= 4 is 29.2 Å². The lowest BCUT2D eigenvalue weighted by Gasteiger charge is -2.29. The van der Waals surface area contributed by atoms with E-state index in [0.717, 1.165) is 21.8 Å². The van der Waals surface area contributed by atoms with Crippen molar-refractivity contribution in [2.75, 3.05) is 25.0 Å². The number of nitrogens with zero attached hydrogens (tertiary/aromatic N) is 2. The Kier molecular flexibility index (Phi) is 6.47. The average molecular weight is 438 g/mol. The Balaban J connectivity index is 1.37. The third-order valence-corrected chi connectivity index (χ3v) is 6.18. The summed E-state index contributed by atoms with van der Waals surface area (Å²) in [5, 5.41) is 14.7. The van der Waals surface area contributed by atoms with E-state index in [1.54, 1.807) is 0 Å². The number of ether oxygens (including phenoxy) is 1. The number of aromatic nitrogens is 1. The lowest BCUT2D eigenvalue weighted by molar-refractivity contribution is 0.0948. The van der Waals surface area contributed by atoms with Crippen molar-refractivity contribution < 1.29 is 19.4 Å². The lowest BCUT2D eigenvalue weighted by atomic mass is 9.98. The molecule has 31 heavy (non-hydrogen) atoms. The molecule has 4 rings (SSSR count). The Labute approximate surface area is 184 Å². The average Bonchev–Trinajstić information content (AvgIpc) is 3.29. The summed E-state index contributed by atoms with van der Waals surface area (Å²) in [7, 11) is 0. The Bertz CT molecular complexity index is 1050. The topological polar surface area (TPSA) is 91.8 Å². The first kappa shape index (κ1) is 20.9. The molecule has 0 spiro atoms. The summed E-state index contributed by atoms with van der Waals surface area (Å²) < 4.78 is 5.41. The molecule has 0 bridgehead atoms. The van der Waals surface area contributed by atoms with E-state index in [0.29, 0.717) is 31.6 Å². The number of amides is 2. The van der Waals surface area contributed by atoms with Gasteiger partial charge in [0.2, 0.25) is 0 Å². The molecule has 0 aliphatic carbocycles. The second-order valence-corrected chi connectivity index (χ2v) is 8.24. The first-order valence-electron chi connectivity index (χ1n) is 10.1. The smallest absolute Gasteiger partial charge is 0.411 e. The van der Waals surface area contributed by atoms with Crippen molar-refractivity contribution in [3.63, 3.8) is 0 Å². The molecule has 0 unspecified atom stereocenters. The summed E-state index contributed by atoms with van der Waals surface area (Å²) in [5.41, 5.74) is 3.41. The van der Waals surface area contributed by atoms with Crippen molar-refractivity contribution in [3.05, 3.63) is 60.0 Å². The molecule has 1 aliphatic rings. The maximum absolute atomic E-state index is 12.4. The lowest BCUT2D eigenvalue weighted by Crippen LogP contribution is -2.38. The molecule has 160 valence electrons. The number of benzene rings is 2. The maximum Gasteiger partial charge on any atom is 0.411 e. The highest BCUT2D eigenvalue weighted by atomic mass is 32.1. The van der Waals surface area contributed by atoms with Gasteiger partial charge >= 0.3 is 12.2 Å². The van der Waals surface area contributed by atoms with E-state index in [4.69, 9.17) is 14.8 Å². The van der Waals surface area contributed by atoms with Crippen molar-refractivity contribution in [2.45, 2.75) is 12.8 Å². The van der Waals surface area contributed by atoms with Crippen LogP contribution in [0.4, 0.5) is 15.3 Å². The summed E-state index contributed by atoms with van der Waals surface area (Å²) in [4.78, 5) is 29.5. The van der Waals surface area contributed by atoms with Crippen LogP contribution in [0.3, 0.4) is 0 Å².